The van der Waals surface area contributed by atoms with E-state index in [2.05, 4.69) is 10.3 Å². The highest BCUT2D eigenvalue weighted by Gasteiger charge is 2.09. The van der Waals surface area contributed by atoms with E-state index in [4.69, 9.17) is 10.5 Å². The molecule has 1 heterocycles. The Morgan fingerprint density at radius 2 is 1.71 bits per heavy atom. The van der Waals surface area contributed by atoms with Gasteiger partial charge < -0.3 is 15.8 Å². The summed E-state index contributed by atoms with van der Waals surface area (Å²) in [5, 5.41) is 2.92. The zero-order valence-electron chi connectivity index (χ0n) is 15.5. The highest BCUT2D eigenvalue weighted by molar-refractivity contribution is 5.95. The first-order valence-corrected chi connectivity index (χ1v) is 8.84. The Morgan fingerprint density at radius 3 is 2.36 bits per heavy atom. The first-order valence-electron chi connectivity index (χ1n) is 8.84. The first-order chi connectivity index (χ1) is 13.6. The van der Waals surface area contributed by atoms with E-state index < -0.39 is 5.91 Å². The summed E-state index contributed by atoms with van der Waals surface area (Å²) in [6, 6.07) is 17.9. The zero-order valence-corrected chi connectivity index (χ0v) is 15.5. The third-order valence-electron chi connectivity index (χ3n) is 4.35. The lowest BCUT2D eigenvalue weighted by molar-refractivity contribution is 0.0952. The maximum atomic E-state index is 12.4. The third-order valence-corrected chi connectivity index (χ3v) is 4.35. The van der Waals surface area contributed by atoms with Gasteiger partial charge in [-0.05, 0) is 48.4 Å². The van der Waals surface area contributed by atoms with Crippen LogP contribution in [0, 0.1) is 0 Å². The van der Waals surface area contributed by atoms with Crippen LogP contribution >= 0.6 is 0 Å². The van der Waals surface area contributed by atoms with Crippen molar-refractivity contribution in [1.82, 2.24) is 10.3 Å². The largest absolute Gasteiger partial charge is 0.497 e. The normalized spacial score (nSPS) is 10.3. The summed E-state index contributed by atoms with van der Waals surface area (Å²) in [5.41, 5.74) is 8.78. The summed E-state index contributed by atoms with van der Waals surface area (Å²) in [6.45, 7) is 0.524. The van der Waals surface area contributed by atoms with Crippen molar-refractivity contribution in [3.8, 4) is 17.0 Å². The number of ether oxygens (including phenoxy) is 1. The molecular formula is C22H21N3O3. The number of pyridine rings is 1. The van der Waals surface area contributed by atoms with Gasteiger partial charge in [0.15, 0.2) is 0 Å². The van der Waals surface area contributed by atoms with Gasteiger partial charge in [0.05, 0.1) is 12.8 Å². The molecule has 2 amide bonds. The Morgan fingerprint density at radius 1 is 1.00 bits per heavy atom. The van der Waals surface area contributed by atoms with Gasteiger partial charge in [-0.3, -0.25) is 14.6 Å². The molecule has 0 radical (unpaired) electrons. The molecule has 142 valence electrons. The summed E-state index contributed by atoms with van der Waals surface area (Å²) < 4.78 is 5.14. The molecule has 0 aliphatic rings. The Labute approximate surface area is 163 Å². The van der Waals surface area contributed by atoms with Crippen LogP contribution < -0.4 is 15.8 Å². The quantitative estimate of drug-likeness (QED) is 0.664. The highest BCUT2D eigenvalue weighted by Crippen LogP contribution is 2.18. The van der Waals surface area contributed by atoms with Gasteiger partial charge in [0, 0.05) is 29.4 Å². The molecule has 0 aliphatic heterocycles. The molecule has 3 N–H and O–H groups in total. The lowest BCUT2D eigenvalue weighted by atomic mass is 10.1. The maximum absolute atomic E-state index is 12.4. The zero-order chi connectivity index (χ0) is 19.9. The Kier molecular flexibility index (Phi) is 6.01. The molecule has 0 spiro atoms. The molecule has 3 aromatic rings. The summed E-state index contributed by atoms with van der Waals surface area (Å²) in [4.78, 5) is 27.9. The highest BCUT2D eigenvalue weighted by atomic mass is 16.5. The summed E-state index contributed by atoms with van der Waals surface area (Å²) in [5.74, 6) is 0.163. The molecule has 6 heteroatoms. The molecule has 6 nitrogen and oxygen atoms in total. The van der Waals surface area contributed by atoms with Gasteiger partial charge in [-0.25, -0.2) is 0 Å². The van der Waals surface area contributed by atoms with Crippen molar-refractivity contribution < 1.29 is 14.3 Å². The fourth-order valence-electron chi connectivity index (χ4n) is 2.75. The van der Waals surface area contributed by atoms with E-state index in [0.29, 0.717) is 23.4 Å². The van der Waals surface area contributed by atoms with E-state index in [-0.39, 0.29) is 5.91 Å². The van der Waals surface area contributed by atoms with Gasteiger partial charge in [0.1, 0.15) is 5.75 Å². The third kappa shape index (κ3) is 4.73. The molecule has 0 atom stereocenters. The number of carbonyl (C=O) groups is 2. The van der Waals surface area contributed by atoms with Gasteiger partial charge in [0.2, 0.25) is 5.91 Å². The molecule has 0 fully saturated rings. The topological polar surface area (TPSA) is 94.3 Å². The van der Waals surface area contributed by atoms with Crippen molar-refractivity contribution in [3.63, 3.8) is 0 Å². The lowest BCUT2D eigenvalue weighted by Gasteiger charge is -2.08. The summed E-state index contributed by atoms with van der Waals surface area (Å²) >= 11 is 0. The molecule has 2 aromatic carbocycles. The SMILES string of the molecule is COc1ccc(CCNC(=O)c2ccnc(-c3ccc(C(N)=O)cc3)c2)cc1. The van der Waals surface area contributed by atoms with E-state index in [1.54, 1.807) is 49.7 Å². The number of primary amides is 1. The number of hydrogen-bond donors (Lipinski definition) is 2. The average molecular weight is 375 g/mol. The van der Waals surface area contributed by atoms with Crippen molar-refractivity contribution in [1.29, 1.82) is 0 Å². The maximum Gasteiger partial charge on any atom is 0.251 e. The Bertz CT molecular complexity index is 967. The second-order valence-electron chi connectivity index (χ2n) is 6.23. The fraction of sp³-hybridized carbons (Fsp3) is 0.136. The Balaban J connectivity index is 1.62. The van der Waals surface area contributed by atoms with Crippen LogP contribution in [0.3, 0.4) is 0 Å². The number of benzene rings is 2. The molecule has 1 aromatic heterocycles. The van der Waals surface area contributed by atoms with Crippen LogP contribution in [-0.4, -0.2) is 30.5 Å². The van der Waals surface area contributed by atoms with E-state index in [0.717, 1.165) is 23.3 Å². The molecule has 0 aliphatic carbocycles. The van der Waals surface area contributed by atoms with E-state index >= 15 is 0 Å². The van der Waals surface area contributed by atoms with Crippen LogP contribution in [0.25, 0.3) is 11.3 Å². The number of amides is 2. The van der Waals surface area contributed by atoms with Gasteiger partial charge in [-0.2, -0.15) is 0 Å². The average Bonchev–Trinajstić information content (AvgIpc) is 2.74. The van der Waals surface area contributed by atoms with Gasteiger partial charge in [-0.1, -0.05) is 24.3 Å². The Hall–Kier alpha value is -3.67. The van der Waals surface area contributed by atoms with E-state index in [9.17, 15) is 9.59 Å². The number of nitrogens with zero attached hydrogens (tertiary/aromatic N) is 1. The molecule has 0 bridgehead atoms. The number of methoxy groups -OCH3 is 1. The van der Waals surface area contributed by atoms with Gasteiger partial charge in [0.25, 0.3) is 5.91 Å². The smallest absolute Gasteiger partial charge is 0.251 e. The molecule has 3 rings (SSSR count). The molecule has 0 saturated carbocycles. The number of rotatable bonds is 7. The van der Waals surface area contributed by atoms with Crippen molar-refractivity contribution in [2.75, 3.05) is 13.7 Å². The second kappa shape index (κ2) is 8.81. The number of aromatic nitrogens is 1. The number of carbonyl (C=O) groups excluding carboxylic acids is 2. The van der Waals surface area contributed by atoms with Crippen LogP contribution in [0.4, 0.5) is 0 Å². The summed E-state index contributed by atoms with van der Waals surface area (Å²) in [6.07, 6.45) is 2.32. The van der Waals surface area contributed by atoms with Crippen molar-refractivity contribution >= 4 is 11.8 Å². The first kappa shape index (κ1) is 19.1. The minimum atomic E-state index is -0.482. The van der Waals surface area contributed by atoms with Crippen LogP contribution in [0.15, 0.2) is 66.9 Å². The molecular weight excluding hydrogens is 354 g/mol. The van der Waals surface area contributed by atoms with Crippen molar-refractivity contribution in [2.45, 2.75) is 6.42 Å². The summed E-state index contributed by atoms with van der Waals surface area (Å²) in [7, 11) is 1.63. The second-order valence-corrected chi connectivity index (χ2v) is 6.23. The van der Waals surface area contributed by atoms with E-state index in [1.807, 2.05) is 24.3 Å². The number of nitrogens with two attached hydrogens (primary N) is 1. The van der Waals surface area contributed by atoms with E-state index in [1.165, 1.54) is 0 Å². The van der Waals surface area contributed by atoms with Gasteiger partial charge in [-0.15, -0.1) is 0 Å². The molecule has 28 heavy (non-hydrogen) atoms. The lowest BCUT2D eigenvalue weighted by Crippen LogP contribution is -2.25. The van der Waals surface area contributed by atoms with Crippen molar-refractivity contribution in [3.05, 3.63) is 83.6 Å². The van der Waals surface area contributed by atoms with Crippen LogP contribution in [0.1, 0.15) is 26.3 Å². The number of hydrogen-bond acceptors (Lipinski definition) is 4. The minimum absolute atomic E-state index is 0.161. The standard InChI is InChI=1S/C22H21N3O3/c1-28-19-8-2-15(3-9-19)10-12-25-22(27)18-11-13-24-20(14-18)16-4-6-17(7-5-16)21(23)26/h2-9,11,13-14H,10,12H2,1H3,(H2,23,26)(H,25,27). The van der Waals surface area contributed by atoms with Crippen LogP contribution in [-0.2, 0) is 6.42 Å². The fourth-order valence-corrected chi connectivity index (χ4v) is 2.75. The van der Waals surface area contributed by atoms with Gasteiger partial charge >= 0.3 is 0 Å². The van der Waals surface area contributed by atoms with Crippen molar-refractivity contribution in [2.24, 2.45) is 5.73 Å². The monoisotopic (exact) mass is 375 g/mol. The predicted octanol–water partition coefficient (Wildman–Crippen LogP) is 2.83. The number of nitrogens with one attached hydrogen (secondary N) is 1. The van der Waals surface area contributed by atoms with Crippen LogP contribution in [0.2, 0.25) is 0 Å². The minimum Gasteiger partial charge on any atom is -0.497 e. The molecule has 0 saturated heterocycles. The molecule has 0 unspecified atom stereocenters. The van der Waals surface area contributed by atoms with Crippen LogP contribution in [0.5, 0.6) is 5.75 Å². The predicted molar refractivity (Wildman–Crippen MR) is 107 cm³/mol.